The molecule has 0 spiro atoms. The maximum absolute atomic E-state index is 4.10. The van der Waals surface area contributed by atoms with Gasteiger partial charge in [-0.25, -0.2) is 0 Å². The van der Waals surface area contributed by atoms with E-state index in [9.17, 15) is 0 Å². The minimum absolute atomic E-state index is 0.293. The molecule has 1 atom stereocenters. The third-order valence-corrected chi connectivity index (χ3v) is 2.92. The standard InChI is InChI=1S/C15H23N/c1-6-10-16-15(11(2)3)14-12(4)8-7-9-13(14)5/h7-9,15-16H,2,6,10H2,1,3-5H3. The molecule has 88 valence electrons. The molecule has 1 unspecified atom stereocenters. The van der Waals surface area contributed by atoms with Crippen LogP contribution < -0.4 is 5.32 Å². The fourth-order valence-corrected chi connectivity index (χ4v) is 2.09. The third kappa shape index (κ3) is 2.96. The molecule has 0 heterocycles. The zero-order valence-corrected chi connectivity index (χ0v) is 10.9. The predicted octanol–water partition coefficient (Wildman–Crippen LogP) is 3.92. The van der Waals surface area contributed by atoms with E-state index in [1.165, 1.54) is 22.3 Å². The third-order valence-electron chi connectivity index (χ3n) is 2.92. The zero-order valence-electron chi connectivity index (χ0n) is 10.9. The van der Waals surface area contributed by atoms with E-state index in [1.807, 2.05) is 0 Å². The van der Waals surface area contributed by atoms with Gasteiger partial charge in [0.25, 0.3) is 0 Å². The van der Waals surface area contributed by atoms with Gasteiger partial charge in [0.15, 0.2) is 0 Å². The molecule has 0 fully saturated rings. The monoisotopic (exact) mass is 217 g/mol. The van der Waals surface area contributed by atoms with Crippen molar-refractivity contribution < 1.29 is 0 Å². The van der Waals surface area contributed by atoms with Crippen molar-refractivity contribution in [2.24, 2.45) is 0 Å². The molecule has 0 bridgehead atoms. The molecule has 1 aromatic carbocycles. The summed E-state index contributed by atoms with van der Waals surface area (Å²) in [5.74, 6) is 0. The van der Waals surface area contributed by atoms with Crippen LogP contribution in [0, 0.1) is 13.8 Å². The highest BCUT2D eigenvalue weighted by Crippen LogP contribution is 2.26. The van der Waals surface area contributed by atoms with Crippen molar-refractivity contribution in [3.8, 4) is 0 Å². The van der Waals surface area contributed by atoms with Gasteiger partial charge >= 0.3 is 0 Å². The Labute approximate surface area is 99.6 Å². The van der Waals surface area contributed by atoms with E-state index in [1.54, 1.807) is 0 Å². The Bertz CT molecular complexity index is 345. The van der Waals surface area contributed by atoms with Crippen molar-refractivity contribution >= 4 is 0 Å². The fourth-order valence-electron chi connectivity index (χ4n) is 2.09. The van der Waals surface area contributed by atoms with Crippen LogP contribution in [0.15, 0.2) is 30.4 Å². The van der Waals surface area contributed by atoms with Gasteiger partial charge in [-0.1, -0.05) is 37.3 Å². The quantitative estimate of drug-likeness (QED) is 0.737. The molecule has 0 radical (unpaired) electrons. The lowest BCUT2D eigenvalue weighted by atomic mass is 9.92. The first-order chi connectivity index (χ1) is 7.57. The van der Waals surface area contributed by atoms with Gasteiger partial charge in [0.1, 0.15) is 0 Å². The summed E-state index contributed by atoms with van der Waals surface area (Å²) < 4.78 is 0. The highest BCUT2D eigenvalue weighted by atomic mass is 14.9. The van der Waals surface area contributed by atoms with Crippen LogP contribution in [0.1, 0.15) is 43.0 Å². The Morgan fingerprint density at radius 1 is 1.31 bits per heavy atom. The summed E-state index contributed by atoms with van der Waals surface area (Å²) in [5, 5.41) is 3.57. The normalized spacial score (nSPS) is 12.5. The van der Waals surface area contributed by atoms with Crippen LogP contribution in [0.2, 0.25) is 0 Å². The highest BCUT2D eigenvalue weighted by Gasteiger charge is 2.15. The Balaban J connectivity index is 3.05. The molecule has 16 heavy (non-hydrogen) atoms. The van der Waals surface area contributed by atoms with Crippen molar-refractivity contribution in [1.29, 1.82) is 0 Å². The van der Waals surface area contributed by atoms with E-state index in [-0.39, 0.29) is 0 Å². The van der Waals surface area contributed by atoms with Gasteiger partial charge < -0.3 is 5.32 Å². The van der Waals surface area contributed by atoms with E-state index >= 15 is 0 Å². The molecule has 0 aliphatic heterocycles. The Hall–Kier alpha value is -1.08. The first-order valence-electron chi connectivity index (χ1n) is 6.02. The zero-order chi connectivity index (χ0) is 12.1. The lowest BCUT2D eigenvalue weighted by molar-refractivity contribution is 0.586. The summed E-state index contributed by atoms with van der Waals surface area (Å²) in [7, 11) is 0. The molecule has 0 saturated heterocycles. The van der Waals surface area contributed by atoms with E-state index in [4.69, 9.17) is 0 Å². The van der Waals surface area contributed by atoms with Gasteiger partial charge in [0, 0.05) is 0 Å². The van der Waals surface area contributed by atoms with Crippen molar-refractivity contribution in [2.45, 2.75) is 40.2 Å². The highest BCUT2D eigenvalue weighted by molar-refractivity contribution is 5.39. The smallest absolute Gasteiger partial charge is 0.0535 e. The Kier molecular flexibility index (Phi) is 4.75. The molecule has 0 aliphatic rings. The van der Waals surface area contributed by atoms with Crippen LogP contribution in [0.4, 0.5) is 0 Å². The van der Waals surface area contributed by atoms with Crippen LogP contribution in [-0.4, -0.2) is 6.54 Å². The van der Waals surface area contributed by atoms with Gasteiger partial charge in [0.05, 0.1) is 6.04 Å². The van der Waals surface area contributed by atoms with E-state index in [2.05, 4.69) is 57.8 Å². The van der Waals surface area contributed by atoms with Gasteiger partial charge in [0.2, 0.25) is 0 Å². The molecular weight excluding hydrogens is 194 g/mol. The van der Waals surface area contributed by atoms with Gasteiger partial charge in [-0.15, -0.1) is 0 Å². The van der Waals surface area contributed by atoms with Crippen LogP contribution in [0.3, 0.4) is 0 Å². The van der Waals surface area contributed by atoms with Crippen molar-refractivity contribution in [1.82, 2.24) is 5.32 Å². The summed E-state index contributed by atoms with van der Waals surface area (Å²) in [4.78, 5) is 0. The molecule has 0 aromatic heterocycles. The van der Waals surface area contributed by atoms with Crippen LogP contribution in [-0.2, 0) is 0 Å². The molecule has 1 nitrogen and oxygen atoms in total. The SMILES string of the molecule is C=C(C)C(NCCC)c1c(C)cccc1C. The second-order valence-corrected chi connectivity index (χ2v) is 4.54. The molecule has 1 rings (SSSR count). The molecule has 1 N–H and O–H groups in total. The summed E-state index contributed by atoms with van der Waals surface area (Å²) in [6.07, 6.45) is 1.15. The van der Waals surface area contributed by atoms with Crippen LogP contribution >= 0.6 is 0 Å². The second-order valence-electron chi connectivity index (χ2n) is 4.54. The minimum Gasteiger partial charge on any atom is -0.307 e. The van der Waals surface area contributed by atoms with Gasteiger partial charge in [-0.05, 0) is 50.4 Å². The molecule has 0 aliphatic carbocycles. The first kappa shape index (κ1) is 13.0. The maximum atomic E-state index is 4.10. The number of hydrogen-bond acceptors (Lipinski definition) is 1. The number of benzene rings is 1. The average molecular weight is 217 g/mol. The van der Waals surface area contributed by atoms with Crippen molar-refractivity contribution in [3.63, 3.8) is 0 Å². The second kappa shape index (κ2) is 5.86. The summed E-state index contributed by atoms with van der Waals surface area (Å²) in [6.45, 7) is 13.8. The molecule has 0 amide bonds. The predicted molar refractivity (Wildman–Crippen MR) is 71.8 cm³/mol. The van der Waals surface area contributed by atoms with E-state index in [0.29, 0.717) is 6.04 Å². The number of nitrogens with one attached hydrogen (secondary N) is 1. The summed E-state index contributed by atoms with van der Waals surface area (Å²) in [5.41, 5.74) is 5.27. The lowest BCUT2D eigenvalue weighted by Gasteiger charge is -2.23. The Morgan fingerprint density at radius 2 is 1.88 bits per heavy atom. The summed E-state index contributed by atoms with van der Waals surface area (Å²) in [6, 6.07) is 6.75. The number of aryl methyl sites for hydroxylation is 2. The van der Waals surface area contributed by atoms with Crippen molar-refractivity contribution in [2.75, 3.05) is 6.54 Å². The molecular formula is C15H23N. The van der Waals surface area contributed by atoms with Crippen LogP contribution in [0.25, 0.3) is 0 Å². The van der Waals surface area contributed by atoms with Gasteiger partial charge in [-0.2, -0.15) is 0 Å². The Morgan fingerprint density at radius 3 is 2.31 bits per heavy atom. The van der Waals surface area contributed by atoms with E-state index < -0.39 is 0 Å². The van der Waals surface area contributed by atoms with Crippen molar-refractivity contribution in [3.05, 3.63) is 47.0 Å². The van der Waals surface area contributed by atoms with Gasteiger partial charge in [-0.3, -0.25) is 0 Å². The largest absolute Gasteiger partial charge is 0.307 e. The summed E-state index contributed by atoms with van der Waals surface area (Å²) >= 11 is 0. The fraction of sp³-hybridized carbons (Fsp3) is 0.467. The maximum Gasteiger partial charge on any atom is 0.0535 e. The lowest BCUT2D eigenvalue weighted by Crippen LogP contribution is -2.24. The average Bonchev–Trinajstić information content (AvgIpc) is 2.21. The molecule has 0 saturated carbocycles. The minimum atomic E-state index is 0.293. The first-order valence-corrected chi connectivity index (χ1v) is 6.02. The van der Waals surface area contributed by atoms with Crippen LogP contribution in [0.5, 0.6) is 0 Å². The number of rotatable bonds is 5. The number of hydrogen-bond donors (Lipinski definition) is 1. The van der Waals surface area contributed by atoms with E-state index in [0.717, 1.165) is 13.0 Å². The molecule has 1 heteroatoms. The topological polar surface area (TPSA) is 12.0 Å². The molecule has 1 aromatic rings.